The molecule has 0 bridgehead atoms. The van der Waals surface area contributed by atoms with Gasteiger partial charge in [-0.3, -0.25) is 4.68 Å². The summed E-state index contributed by atoms with van der Waals surface area (Å²) >= 11 is 0. The molecule has 0 fully saturated rings. The van der Waals surface area contributed by atoms with Crippen LogP contribution in [0.15, 0.2) is 29.4 Å². The first-order chi connectivity index (χ1) is 10.8. The van der Waals surface area contributed by atoms with Crippen molar-refractivity contribution >= 4 is 10.0 Å². The van der Waals surface area contributed by atoms with Crippen LogP contribution in [0.4, 0.5) is 4.39 Å². The standard InChI is InChI=1S/C15H20FN3O3S/c1-11-14(7-6-13(22-3)15(11)16)23(20,21)18-8-4-5-12-9-17-19(2)10-12/h6-7,9-10,18H,4-5,8H2,1-3H3. The Bertz CT molecular complexity index is 787. The van der Waals surface area contributed by atoms with E-state index in [0.29, 0.717) is 12.8 Å². The minimum absolute atomic E-state index is 0.0260. The second-order valence-corrected chi connectivity index (χ2v) is 6.96. The van der Waals surface area contributed by atoms with E-state index in [-0.39, 0.29) is 22.8 Å². The minimum atomic E-state index is -3.75. The average Bonchev–Trinajstić information content (AvgIpc) is 2.92. The Hall–Kier alpha value is -1.93. The molecule has 23 heavy (non-hydrogen) atoms. The third kappa shape index (κ3) is 4.08. The summed E-state index contributed by atoms with van der Waals surface area (Å²) in [5.41, 5.74) is 1.09. The number of aryl methyl sites for hydroxylation is 2. The second kappa shape index (κ2) is 7.10. The molecule has 0 atom stereocenters. The van der Waals surface area contributed by atoms with Crippen molar-refractivity contribution in [3.8, 4) is 5.75 Å². The van der Waals surface area contributed by atoms with Crippen molar-refractivity contribution in [2.75, 3.05) is 13.7 Å². The summed E-state index contributed by atoms with van der Waals surface area (Å²) in [4.78, 5) is -0.0721. The van der Waals surface area contributed by atoms with Gasteiger partial charge in [0.25, 0.3) is 0 Å². The van der Waals surface area contributed by atoms with Crippen molar-refractivity contribution in [3.05, 3.63) is 41.5 Å². The van der Waals surface area contributed by atoms with Gasteiger partial charge in [0.05, 0.1) is 18.2 Å². The third-order valence-electron chi connectivity index (χ3n) is 3.50. The number of aromatic nitrogens is 2. The summed E-state index contributed by atoms with van der Waals surface area (Å²) in [6, 6.07) is 2.66. The Kier molecular flexibility index (Phi) is 5.38. The maximum atomic E-state index is 14.0. The van der Waals surface area contributed by atoms with E-state index in [1.54, 1.807) is 10.9 Å². The lowest BCUT2D eigenvalue weighted by Crippen LogP contribution is -2.26. The zero-order chi connectivity index (χ0) is 17.0. The molecule has 126 valence electrons. The molecular formula is C15H20FN3O3S. The van der Waals surface area contributed by atoms with Gasteiger partial charge in [0.1, 0.15) is 0 Å². The van der Waals surface area contributed by atoms with E-state index in [1.165, 1.54) is 26.2 Å². The Balaban J connectivity index is 2.00. The van der Waals surface area contributed by atoms with Crippen molar-refractivity contribution in [2.24, 2.45) is 7.05 Å². The Morgan fingerprint density at radius 1 is 1.39 bits per heavy atom. The van der Waals surface area contributed by atoms with Crippen molar-refractivity contribution in [3.63, 3.8) is 0 Å². The van der Waals surface area contributed by atoms with E-state index < -0.39 is 15.8 Å². The topological polar surface area (TPSA) is 73.2 Å². The van der Waals surface area contributed by atoms with Crippen molar-refractivity contribution in [1.82, 2.24) is 14.5 Å². The van der Waals surface area contributed by atoms with Crippen molar-refractivity contribution < 1.29 is 17.5 Å². The van der Waals surface area contributed by atoms with Gasteiger partial charge in [0.2, 0.25) is 10.0 Å². The molecule has 1 heterocycles. The van der Waals surface area contributed by atoms with E-state index in [4.69, 9.17) is 4.74 Å². The number of ether oxygens (including phenoxy) is 1. The maximum absolute atomic E-state index is 14.0. The zero-order valence-electron chi connectivity index (χ0n) is 13.3. The molecule has 0 saturated heterocycles. The average molecular weight is 341 g/mol. The van der Waals surface area contributed by atoms with E-state index in [0.717, 1.165) is 5.56 Å². The van der Waals surface area contributed by atoms with E-state index in [9.17, 15) is 12.8 Å². The first-order valence-electron chi connectivity index (χ1n) is 7.15. The van der Waals surface area contributed by atoms with Crippen LogP contribution in [-0.2, 0) is 23.5 Å². The Labute approximate surface area is 135 Å². The molecule has 0 spiro atoms. The maximum Gasteiger partial charge on any atom is 0.240 e. The highest BCUT2D eigenvalue weighted by molar-refractivity contribution is 7.89. The lowest BCUT2D eigenvalue weighted by Gasteiger charge is -2.11. The Morgan fingerprint density at radius 2 is 2.13 bits per heavy atom. The molecule has 0 radical (unpaired) electrons. The molecule has 6 nitrogen and oxygen atoms in total. The molecular weight excluding hydrogens is 321 g/mol. The molecule has 1 aromatic heterocycles. The molecule has 1 aromatic carbocycles. The molecule has 0 amide bonds. The van der Waals surface area contributed by atoms with Crippen LogP contribution >= 0.6 is 0 Å². The van der Waals surface area contributed by atoms with Crippen LogP contribution in [0, 0.1) is 12.7 Å². The van der Waals surface area contributed by atoms with Crippen LogP contribution in [0.3, 0.4) is 0 Å². The van der Waals surface area contributed by atoms with Crippen molar-refractivity contribution in [1.29, 1.82) is 0 Å². The number of nitrogens with one attached hydrogen (secondary N) is 1. The van der Waals surface area contributed by atoms with Crippen LogP contribution in [0.2, 0.25) is 0 Å². The first kappa shape index (κ1) is 17.4. The number of benzene rings is 1. The summed E-state index contributed by atoms with van der Waals surface area (Å²) in [5, 5.41) is 4.05. The second-order valence-electron chi connectivity index (χ2n) is 5.23. The van der Waals surface area contributed by atoms with Gasteiger partial charge in [0.15, 0.2) is 11.6 Å². The molecule has 0 aliphatic carbocycles. The highest BCUT2D eigenvalue weighted by Gasteiger charge is 2.20. The van der Waals surface area contributed by atoms with Crippen LogP contribution in [0.1, 0.15) is 17.5 Å². The highest BCUT2D eigenvalue weighted by Crippen LogP contribution is 2.25. The van der Waals surface area contributed by atoms with Crippen LogP contribution in [0.5, 0.6) is 5.75 Å². The van der Waals surface area contributed by atoms with E-state index in [1.807, 2.05) is 13.2 Å². The largest absolute Gasteiger partial charge is 0.494 e. The quantitative estimate of drug-likeness (QED) is 0.779. The number of rotatable bonds is 7. The summed E-state index contributed by atoms with van der Waals surface area (Å²) in [6.07, 6.45) is 4.98. The number of nitrogens with zero attached hydrogens (tertiary/aromatic N) is 2. The summed E-state index contributed by atoms with van der Waals surface area (Å²) < 4.78 is 47.6. The fraction of sp³-hybridized carbons (Fsp3) is 0.400. The molecule has 8 heteroatoms. The molecule has 0 aliphatic heterocycles. The zero-order valence-corrected chi connectivity index (χ0v) is 14.2. The fourth-order valence-electron chi connectivity index (χ4n) is 2.27. The van der Waals surface area contributed by atoms with E-state index in [2.05, 4.69) is 9.82 Å². The van der Waals surface area contributed by atoms with Gasteiger partial charge < -0.3 is 4.74 Å². The molecule has 0 aliphatic rings. The number of halogens is 1. The van der Waals surface area contributed by atoms with Gasteiger partial charge in [-0.1, -0.05) is 0 Å². The monoisotopic (exact) mass is 341 g/mol. The molecule has 2 rings (SSSR count). The van der Waals surface area contributed by atoms with Gasteiger partial charge in [-0.15, -0.1) is 0 Å². The predicted octanol–water partition coefficient (Wildman–Crippen LogP) is 1.79. The SMILES string of the molecule is COc1ccc(S(=O)(=O)NCCCc2cnn(C)c2)c(C)c1F. The molecule has 0 unspecified atom stereocenters. The third-order valence-corrected chi connectivity index (χ3v) is 5.11. The van der Waals surface area contributed by atoms with Gasteiger partial charge in [0, 0.05) is 25.4 Å². The van der Waals surface area contributed by atoms with Crippen LogP contribution < -0.4 is 9.46 Å². The molecule has 0 saturated carbocycles. The molecule has 2 aromatic rings. The normalized spacial score (nSPS) is 11.7. The lowest BCUT2D eigenvalue weighted by molar-refractivity contribution is 0.384. The van der Waals surface area contributed by atoms with Gasteiger partial charge in [-0.2, -0.15) is 5.10 Å². The predicted molar refractivity (Wildman–Crippen MR) is 84.4 cm³/mol. The highest BCUT2D eigenvalue weighted by atomic mass is 32.2. The lowest BCUT2D eigenvalue weighted by atomic mass is 10.2. The number of hydrogen-bond acceptors (Lipinski definition) is 4. The fourth-order valence-corrected chi connectivity index (χ4v) is 3.58. The summed E-state index contributed by atoms with van der Waals surface area (Å²) in [5.74, 6) is -0.635. The summed E-state index contributed by atoms with van der Waals surface area (Å²) in [6.45, 7) is 1.69. The van der Waals surface area contributed by atoms with Gasteiger partial charge in [-0.05, 0) is 37.5 Å². The Morgan fingerprint density at radius 3 is 2.74 bits per heavy atom. The van der Waals surface area contributed by atoms with Crippen LogP contribution in [-0.4, -0.2) is 31.9 Å². The number of methoxy groups -OCH3 is 1. The first-order valence-corrected chi connectivity index (χ1v) is 8.63. The summed E-state index contributed by atoms with van der Waals surface area (Å²) in [7, 11) is -0.591. The van der Waals surface area contributed by atoms with Crippen molar-refractivity contribution in [2.45, 2.75) is 24.7 Å². The van der Waals surface area contributed by atoms with Crippen LogP contribution in [0.25, 0.3) is 0 Å². The van der Waals surface area contributed by atoms with Gasteiger partial charge >= 0.3 is 0 Å². The smallest absolute Gasteiger partial charge is 0.240 e. The van der Waals surface area contributed by atoms with E-state index >= 15 is 0 Å². The minimum Gasteiger partial charge on any atom is -0.494 e. The number of hydrogen-bond donors (Lipinski definition) is 1. The van der Waals surface area contributed by atoms with Gasteiger partial charge in [-0.25, -0.2) is 17.5 Å². The number of sulfonamides is 1. The molecule has 1 N–H and O–H groups in total.